The lowest BCUT2D eigenvalue weighted by molar-refractivity contribution is -0.146. The van der Waals surface area contributed by atoms with Gasteiger partial charge in [-0.05, 0) is 24.1 Å². The first kappa shape index (κ1) is 16.4. The standard InChI is InChI=1S/C16H17ClN4O3/c1-24-16(23)11-4-7-13-19-20-14(21(13)9-11)15(22)18-8-10-2-5-12(17)6-3-10/h2-3,5-6,11H,4,7-9H2,1H3,(H,18,22)/t11-/m0/s1. The number of aryl methyl sites for hydroxylation is 1. The Morgan fingerprint density at radius 1 is 1.33 bits per heavy atom. The molecular weight excluding hydrogens is 332 g/mol. The molecular formula is C16H17ClN4O3. The van der Waals surface area contributed by atoms with Crippen molar-refractivity contribution in [3.63, 3.8) is 0 Å². The van der Waals surface area contributed by atoms with E-state index in [1.165, 1.54) is 7.11 Å². The molecule has 1 aliphatic rings. The Morgan fingerprint density at radius 2 is 2.08 bits per heavy atom. The molecule has 1 aliphatic heterocycles. The van der Waals surface area contributed by atoms with E-state index in [9.17, 15) is 9.59 Å². The molecule has 0 fully saturated rings. The fraction of sp³-hybridized carbons (Fsp3) is 0.375. The number of rotatable bonds is 4. The monoisotopic (exact) mass is 348 g/mol. The molecule has 126 valence electrons. The molecule has 1 aromatic heterocycles. The second-order valence-corrected chi connectivity index (χ2v) is 6.05. The summed E-state index contributed by atoms with van der Waals surface area (Å²) in [6, 6.07) is 7.22. The number of aromatic nitrogens is 3. The van der Waals surface area contributed by atoms with Gasteiger partial charge in [-0.1, -0.05) is 23.7 Å². The van der Waals surface area contributed by atoms with Crippen LogP contribution in [0, 0.1) is 5.92 Å². The van der Waals surface area contributed by atoms with E-state index in [-0.39, 0.29) is 23.6 Å². The van der Waals surface area contributed by atoms with Gasteiger partial charge in [0.15, 0.2) is 0 Å². The average Bonchev–Trinajstić information content (AvgIpc) is 3.03. The first-order chi connectivity index (χ1) is 11.6. The van der Waals surface area contributed by atoms with Crippen molar-refractivity contribution in [2.45, 2.75) is 25.9 Å². The van der Waals surface area contributed by atoms with Crippen LogP contribution in [0.5, 0.6) is 0 Å². The van der Waals surface area contributed by atoms with Crippen LogP contribution >= 0.6 is 11.6 Å². The Bertz CT molecular complexity index is 757. The van der Waals surface area contributed by atoms with E-state index in [1.54, 1.807) is 16.7 Å². The van der Waals surface area contributed by atoms with Crippen molar-refractivity contribution in [2.24, 2.45) is 5.92 Å². The first-order valence-electron chi connectivity index (χ1n) is 7.61. The number of nitrogens with zero attached hydrogens (tertiary/aromatic N) is 3. The third-order valence-electron chi connectivity index (χ3n) is 4.05. The van der Waals surface area contributed by atoms with Crippen molar-refractivity contribution < 1.29 is 14.3 Å². The zero-order valence-electron chi connectivity index (χ0n) is 13.2. The Balaban J connectivity index is 1.69. The molecule has 2 aromatic rings. The molecule has 7 nitrogen and oxygen atoms in total. The number of nitrogens with one attached hydrogen (secondary N) is 1. The number of hydrogen-bond acceptors (Lipinski definition) is 5. The van der Waals surface area contributed by atoms with Crippen molar-refractivity contribution >= 4 is 23.5 Å². The molecule has 8 heteroatoms. The summed E-state index contributed by atoms with van der Waals surface area (Å²) in [4.78, 5) is 24.1. The fourth-order valence-electron chi connectivity index (χ4n) is 2.72. The van der Waals surface area contributed by atoms with Gasteiger partial charge in [-0.2, -0.15) is 0 Å². The second kappa shape index (κ2) is 7.00. The lowest BCUT2D eigenvalue weighted by Crippen LogP contribution is -2.32. The highest BCUT2D eigenvalue weighted by atomic mass is 35.5. The highest BCUT2D eigenvalue weighted by molar-refractivity contribution is 6.30. The van der Waals surface area contributed by atoms with Crippen LogP contribution in [-0.4, -0.2) is 33.8 Å². The van der Waals surface area contributed by atoms with E-state index in [1.807, 2.05) is 12.1 Å². The number of hydrogen-bond donors (Lipinski definition) is 1. The van der Waals surface area contributed by atoms with Gasteiger partial charge in [-0.3, -0.25) is 9.59 Å². The summed E-state index contributed by atoms with van der Waals surface area (Å²) in [7, 11) is 1.36. The molecule has 0 spiro atoms. The van der Waals surface area contributed by atoms with Gasteiger partial charge in [0.05, 0.1) is 13.0 Å². The number of benzene rings is 1. The molecule has 0 saturated carbocycles. The quantitative estimate of drug-likeness (QED) is 0.848. The Labute approximate surface area is 144 Å². The second-order valence-electron chi connectivity index (χ2n) is 5.62. The van der Waals surface area contributed by atoms with Gasteiger partial charge >= 0.3 is 5.97 Å². The van der Waals surface area contributed by atoms with Gasteiger partial charge in [-0.25, -0.2) is 0 Å². The minimum atomic E-state index is -0.325. The smallest absolute Gasteiger partial charge is 0.310 e. The summed E-state index contributed by atoms with van der Waals surface area (Å²) in [5.41, 5.74) is 0.929. The van der Waals surface area contributed by atoms with E-state index in [4.69, 9.17) is 16.3 Å². The molecule has 1 atom stereocenters. The number of halogens is 1. The van der Waals surface area contributed by atoms with Crippen LogP contribution in [-0.2, 0) is 29.0 Å². The minimum absolute atomic E-state index is 0.215. The van der Waals surface area contributed by atoms with Gasteiger partial charge < -0.3 is 14.6 Å². The van der Waals surface area contributed by atoms with E-state index in [2.05, 4.69) is 15.5 Å². The first-order valence-corrected chi connectivity index (χ1v) is 7.99. The summed E-state index contributed by atoms with van der Waals surface area (Å²) in [5, 5.41) is 11.5. The molecule has 1 aromatic carbocycles. The van der Waals surface area contributed by atoms with Crippen LogP contribution in [0.25, 0.3) is 0 Å². The maximum Gasteiger partial charge on any atom is 0.310 e. The maximum absolute atomic E-state index is 12.4. The summed E-state index contributed by atoms with van der Waals surface area (Å²) < 4.78 is 6.49. The summed E-state index contributed by atoms with van der Waals surface area (Å²) >= 11 is 5.84. The zero-order chi connectivity index (χ0) is 17.1. The molecule has 24 heavy (non-hydrogen) atoms. The van der Waals surface area contributed by atoms with Crippen LogP contribution in [0.1, 0.15) is 28.4 Å². The lowest BCUT2D eigenvalue weighted by Gasteiger charge is -2.22. The molecule has 0 unspecified atom stereocenters. The molecule has 2 heterocycles. The lowest BCUT2D eigenvalue weighted by atomic mass is 9.99. The van der Waals surface area contributed by atoms with Gasteiger partial charge in [0, 0.05) is 24.5 Å². The highest BCUT2D eigenvalue weighted by Gasteiger charge is 2.30. The van der Waals surface area contributed by atoms with Crippen molar-refractivity contribution in [3.05, 3.63) is 46.5 Å². The molecule has 1 N–H and O–H groups in total. The van der Waals surface area contributed by atoms with Crippen LogP contribution in [0.15, 0.2) is 24.3 Å². The topological polar surface area (TPSA) is 86.1 Å². The molecule has 3 rings (SSSR count). The largest absolute Gasteiger partial charge is 0.469 e. The Hall–Kier alpha value is -2.41. The number of methoxy groups -OCH3 is 1. The number of fused-ring (bicyclic) bond motifs is 1. The maximum atomic E-state index is 12.4. The molecule has 0 radical (unpaired) electrons. The van der Waals surface area contributed by atoms with E-state index in [0.717, 1.165) is 5.56 Å². The summed E-state index contributed by atoms with van der Waals surface area (Å²) in [6.07, 6.45) is 1.24. The van der Waals surface area contributed by atoms with Crippen molar-refractivity contribution in [1.82, 2.24) is 20.1 Å². The number of amides is 1. The summed E-state index contributed by atoms with van der Waals surface area (Å²) in [5.74, 6) is 0.0526. The van der Waals surface area contributed by atoms with Gasteiger partial charge in [0.2, 0.25) is 5.82 Å². The third-order valence-corrected chi connectivity index (χ3v) is 4.30. The van der Waals surface area contributed by atoms with Gasteiger partial charge in [0.1, 0.15) is 5.82 Å². The Morgan fingerprint density at radius 3 is 2.79 bits per heavy atom. The normalized spacial score (nSPS) is 16.3. The van der Waals surface area contributed by atoms with E-state index in [0.29, 0.717) is 36.8 Å². The van der Waals surface area contributed by atoms with Crippen LogP contribution in [0.4, 0.5) is 0 Å². The molecule has 1 amide bonds. The average molecular weight is 349 g/mol. The number of esters is 1. The number of carbonyl (C=O) groups excluding carboxylic acids is 2. The molecule has 0 saturated heterocycles. The van der Waals surface area contributed by atoms with E-state index >= 15 is 0 Å². The van der Waals surface area contributed by atoms with E-state index < -0.39 is 0 Å². The molecule has 0 bridgehead atoms. The van der Waals surface area contributed by atoms with Gasteiger partial charge in [0.25, 0.3) is 5.91 Å². The van der Waals surface area contributed by atoms with Crippen LogP contribution in [0.3, 0.4) is 0 Å². The molecule has 0 aliphatic carbocycles. The van der Waals surface area contributed by atoms with Crippen molar-refractivity contribution in [1.29, 1.82) is 0 Å². The highest BCUT2D eigenvalue weighted by Crippen LogP contribution is 2.21. The number of carbonyl (C=O) groups is 2. The van der Waals surface area contributed by atoms with Crippen LogP contribution in [0.2, 0.25) is 5.02 Å². The predicted molar refractivity (Wildman–Crippen MR) is 86.5 cm³/mol. The Kier molecular flexibility index (Phi) is 4.80. The van der Waals surface area contributed by atoms with Gasteiger partial charge in [-0.15, -0.1) is 10.2 Å². The minimum Gasteiger partial charge on any atom is -0.469 e. The zero-order valence-corrected chi connectivity index (χ0v) is 13.9. The SMILES string of the molecule is COC(=O)[C@H]1CCc2nnc(C(=O)NCc3ccc(Cl)cc3)n2C1. The number of ether oxygens (including phenoxy) is 1. The fourth-order valence-corrected chi connectivity index (χ4v) is 2.84. The predicted octanol–water partition coefficient (Wildman–Crippen LogP) is 1.60. The third kappa shape index (κ3) is 3.41. The van der Waals surface area contributed by atoms with Crippen molar-refractivity contribution in [2.75, 3.05) is 7.11 Å². The summed E-state index contributed by atoms with van der Waals surface area (Å²) in [6.45, 7) is 0.720. The van der Waals surface area contributed by atoms with Crippen LogP contribution < -0.4 is 5.32 Å². The van der Waals surface area contributed by atoms with Crippen molar-refractivity contribution in [3.8, 4) is 0 Å².